The Bertz CT molecular complexity index is 744. The van der Waals surface area contributed by atoms with Crippen LogP contribution in [0.3, 0.4) is 0 Å². The highest BCUT2D eigenvalue weighted by Crippen LogP contribution is 2.32. The second kappa shape index (κ2) is 8.57. The molecule has 2 aliphatic rings. The molecular weight excluding hydrogens is 358 g/mol. The summed E-state index contributed by atoms with van der Waals surface area (Å²) >= 11 is 0. The Kier molecular flexibility index (Phi) is 6.15. The van der Waals surface area contributed by atoms with Crippen molar-refractivity contribution in [3.05, 3.63) is 34.4 Å². The first-order valence-corrected chi connectivity index (χ1v) is 9.85. The minimum Gasteiger partial charge on any atom is -0.369 e. The summed E-state index contributed by atoms with van der Waals surface area (Å²) in [4.78, 5) is 29.1. The third kappa shape index (κ3) is 4.25. The van der Waals surface area contributed by atoms with Gasteiger partial charge in [-0.15, -0.1) is 0 Å². The van der Waals surface area contributed by atoms with Crippen LogP contribution in [-0.4, -0.2) is 65.9 Å². The number of rotatable bonds is 5. The fourth-order valence-electron chi connectivity index (χ4n) is 4.14. The molecule has 3 rings (SSSR count). The number of benzene rings is 1. The summed E-state index contributed by atoms with van der Waals surface area (Å²) in [5.41, 5.74) is 0.403. The highest BCUT2D eigenvalue weighted by molar-refractivity contribution is 5.79. The van der Waals surface area contributed by atoms with Gasteiger partial charge in [-0.25, -0.2) is 0 Å². The van der Waals surface area contributed by atoms with Gasteiger partial charge in [-0.05, 0) is 25.0 Å². The van der Waals surface area contributed by atoms with Crippen molar-refractivity contribution in [3.63, 3.8) is 0 Å². The number of nitro groups is 1. The van der Waals surface area contributed by atoms with E-state index < -0.39 is 10.5 Å². The Morgan fingerprint density at radius 1 is 1.18 bits per heavy atom. The van der Waals surface area contributed by atoms with Gasteiger partial charge in [0.15, 0.2) is 0 Å². The largest absolute Gasteiger partial charge is 0.369 e. The number of non-ortho nitro benzene ring substituents is 1. The van der Waals surface area contributed by atoms with Crippen LogP contribution in [0.1, 0.15) is 32.1 Å². The molecule has 28 heavy (non-hydrogen) atoms. The number of carbonyl (C=O) groups is 1. The third-order valence-corrected chi connectivity index (χ3v) is 6.06. The zero-order valence-corrected chi connectivity index (χ0v) is 16.3. The third-order valence-electron chi connectivity index (χ3n) is 6.06. The number of hydrogen-bond donors (Lipinski definition) is 0. The number of amides is 1. The normalized spacial score (nSPS) is 19.6. The number of anilines is 1. The van der Waals surface area contributed by atoms with Crippen LogP contribution in [0.4, 0.5) is 11.4 Å². The molecule has 1 heterocycles. The van der Waals surface area contributed by atoms with Crippen LogP contribution in [0.25, 0.3) is 0 Å². The average molecular weight is 385 g/mol. The molecule has 0 aromatic heterocycles. The second-order valence-electron chi connectivity index (χ2n) is 7.69. The SMILES string of the molecule is CN(C(=O)CN1CCN(c2ccc([N+](=O)[O-])cc2)CC1)C1(C#N)CCCCC1. The van der Waals surface area contributed by atoms with Gasteiger partial charge >= 0.3 is 0 Å². The first-order valence-electron chi connectivity index (χ1n) is 9.85. The van der Waals surface area contributed by atoms with Crippen molar-refractivity contribution in [2.24, 2.45) is 0 Å². The molecular formula is C20H27N5O3. The lowest BCUT2D eigenvalue weighted by molar-refractivity contribution is -0.384. The second-order valence-corrected chi connectivity index (χ2v) is 7.69. The molecule has 1 aliphatic heterocycles. The van der Waals surface area contributed by atoms with Gasteiger partial charge in [-0.1, -0.05) is 19.3 Å². The summed E-state index contributed by atoms with van der Waals surface area (Å²) in [7, 11) is 1.77. The number of piperazine rings is 1. The standard InChI is InChI=1S/C20H27N5O3/c1-22(20(16-21)9-3-2-4-10-20)19(26)15-23-11-13-24(14-12-23)17-5-7-18(8-6-17)25(27)28/h5-8H,2-4,9-15H2,1H3. The summed E-state index contributed by atoms with van der Waals surface area (Å²) in [6, 6.07) is 8.99. The maximum atomic E-state index is 12.8. The number of nitro benzene ring substituents is 1. The summed E-state index contributed by atoms with van der Waals surface area (Å²) in [6.07, 6.45) is 4.66. The van der Waals surface area contributed by atoms with E-state index in [0.29, 0.717) is 6.54 Å². The van der Waals surface area contributed by atoms with E-state index in [1.165, 1.54) is 12.1 Å². The Morgan fingerprint density at radius 3 is 2.32 bits per heavy atom. The zero-order valence-electron chi connectivity index (χ0n) is 16.3. The van der Waals surface area contributed by atoms with Crippen molar-refractivity contribution in [2.75, 3.05) is 44.7 Å². The summed E-state index contributed by atoms with van der Waals surface area (Å²) in [5.74, 6) is 0.00670. The molecule has 0 atom stereocenters. The van der Waals surface area contributed by atoms with Gasteiger partial charge in [0, 0.05) is 51.0 Å². The number of nitrogens with zero attached hydrogens (tertiary/aromatic N) is 5. The fraction of sp³-hybridized carbons (Fsp3) is 0.600. The molecule has 0 spiro atoms. The van der Waals surface area contributed by atoms with E-state index in [9.17, 15) is 20.2 Å². The molecule has 1 aromatic rings. The van der Waals surface area contributed by atoms with Crippen LogP contribution in [0.15, 0.2) is 24.3 Å². The van der Waals surface area contributed by atoms with E-state index in [1.807, 2.05) is 0 Å². The van der Waals surface area contributed by atoms with Gasteiger partial charge < -0.3 is 9.80 Å². The van der Waals surface area contributed by atoms with E-state index in [1.54, 1.807) is 24.1 Å². The molecule has 8 heteroatoms. The maximum absolute atomic E-state index is 12.8. The van der Waals surface area contributed by atoms with Crippen LogP contribution in [0.2, 0.25) is 0 Å². The number of carbonyl (C=O) groups excluding carboxylic acids is 1. The quantitative estimate of drug-likeness (QED) is 0.571. The van der Waals surface area contributed by atoms with Crippen molar-refractivity contribution in [3.8, 4) is 6.07 Å². The predicted molar refractivity (Wildman–Crippen MR) is 106 cm³/mol. The van der Waals surface area contributed by atoms with Gasteiger partial charge in [0.25, 0.3) is 5.69 Å². The smallest absolute Gasteiger partial charge is 0.269 e. The first kappa shape index (κ1) is 20.1. The molecule has 1 aromatic carbocycles. The van der Waals surface area contributed by atoms with E-state index in [0.717, 1.165) is 64.0 Å². The highest BCUT2D eigenvalue weighted by Gasteiger charge is 2.39. The Morgan fingerprint density at radius 2 is 1.79 bits per heavy atom. The minimum atomic E-state index is -0.643. The van der Waals surface area contributed by atoms with E-state index in [4.69, 9.17) is 0 Å². The van der Waals surface area contributed by atoms with E-state index in [-0.39, 0.29) is 11.6 Å². The molecule has 2 fully saturated rings. The van der Waals surface area contributed by atoms with Crippen LogP contribution < -0.4 is 4.90 Å². The molecule has 8 nitrogen and oxygen atoms in total. The topological polar surface area (TPSA) is 93.7 Å². The van der Waals surface area contributed by atoms with Gasteiger partial charge in [0.05, 0.1) is 17.5 Å². The molecule has 0 unspecified atom stereocenters. The van der Waals surface area contributed by atoms with Gasteiger partial charge in [-0.3, -0.25) is 19.8 Å². The summed E-state index contributed by atoms with van der Waals surface area (Å²) in [6.45, 7) is 3.34. The van der Waals surface area contributed by atoms with Crippen LogP contribution in [0, 0.1) is 21.4 Å². The van der Waals surface area contributed by atoms with Crippen molar-refractivity contribution >= 4 is 17.3 Å². The molecule has 0 N–H and O–H groups in total. The van der Waals surface area contributed by atoms with Crippen molar-refractivity contribution < 1.29 is 9.72 Å². The van der Waals surface area contributed by atoms with Gasteiger partial charge in [0.2, 0.25) is 5.91 Å². The fourth-order valence-corrected chi connectivity index (χ4v) is 4.14. The van der Waals surface area contributed by atoms with E-state index >= 15 is 0 Å². The highest BCUT2D eigenvalue weighted by atomic mass is 16.6. The molecule has 1 saturated carbocycles. The number of likely N-dealkylation sites (N-methyl/N-ethyl adjacent to an activating group) is 1. The number of hydrogen-bond acceptors (Lipinski definition) is 6. The van der Waals surface area contributed by atoms with Crippen molar-refractivity contribution in [1.29, 1.82) is 5.26 Å². The Balaban J connectivity index is 1.53. The number of nitriles is 1. The van der Waals surface area contributed by atoms with Crippen LogP contribution in [0.5, 0.6) is 0 Å². The van der Waals surface area contributed by atoms with Crippen LogP contribution >= 0.6 is 0 Å². The average Bonchev–Trinajstić information content (AvgIpc) is 2.74. The lowest BCUT2D eigenvalue weighted by atomic mass is 9.81. The van der Waals surface area contributed by atoms with Gasteiger partial charge in [-0.2, -0.15) is 5.26 Å². The molecule has 0 bridgehead atoms. The molecule has 0 radical (unpaired) electrons. The molecule has 1 aliphatic carbocycles. The van der Waals surface area contributed by atoms with Crippen molar-refractivity contribution in [1.82, 2.24) is 9.80 Å². The first-order chi connectivity index (χ1) is 13.4. The van der Waals surface area contributed by atoms with Crippen molar-refractivity contribution in [2.45, 2.75) is 37.6 Å². The molecule has 1 amide bonds. The predicted octanol–water partition coefficient (Wildman–Crippen LogP) is 2.40. The lowest BCUT2D eigenvalue weighted by Gasteiger charge is -2.41. The monoisotopic (exact) mass is 385 g/mol. The zero-order chi connectivity index (χ0) is 20.1. The van der Waals surface area contributed by atoms with E-state index in [2.05, 4.69) is 15.9 Å². The summed E-state index contributed by atoms with van der Waals surface area (Å²) in [5, 5.41) is 20.5. The molecule has 1 saturated heterocycles. The maximum Gasteiger partial charge on any atom is 0.269 e. The molecule has 150 valence electrons. The van der Waals surface area contributed by atoms with Gasteiger partial charge in [0.1, 0.15) is 5.54 Å². The summed E-state index contributed by atoms with van der Waals surface area (Å²) < 4.78 is 0. The Labute approximate surface area is 165 Å². The lowest BCUT2D eigenvalue weighted by Crippen LogP contribution is -2.55. The van der Waals surface area contributed by atoms with Crippen LogP contribution in [-0.2, 0) is 4.79 Å². The Hall–Kier alpha value is -2.66. The minimum absolute atomic E-state index is 0.00670.